The Morgan fingerprint density at radius 2 is 2.06 bits per heavy atom. The van der Waals surface area contributed by atoms with Gasteiger partial charge in [-0.1, -0.05) is 6.92 Å². The summed E-state index contributed by atoms with van der Waals surface area (Å²) in [5.41, 5.74) is 3.05. The Hall–Kier alpha value is -1.34. The monoisotopic (exact) mass is 234 g/mol. The van der Waals surface area contributed by atoms with Gasteiger partial charge in [0.25, 0.3) is 0 Å². The molecule has 0 fully saturated rings. The van der Waals surface area contributed by atoms with Crippen LogP contribution in [0.25, 0.3) is 0 Å². The summed E-state index contributed by atoms with van der Waals surface area (Å²) in [5, 5.41) is 16.9. The molecule has 0 saturated carbocycles. The maximum atomic E-state index is 9.18. The summed E-state index contributed by atoms with van der Waals surface area (Å²) in [7, 11) is 0. The second-order valence-electron chi connectivity index (χ2n) is 4.74. The molecule has 0 aliphatic carbocycles. The molecule has 0 radical (unpaired) electrons. The normalized spacial score (nSPS) is 14.4. The van der Waals surface area contributed by atoms with Crippen molar-refractivity contribution in [1.29, 1.82) is 5.26 Å². The maximum absolute atomic E-state index is 9.18. The van der Waals surface area contributed by atoms with Gasteiger partial charge in [0.05, 0.1) is 11.8 Å². The van der Waals surface area contributed by atoms with Gasteiger partial charge in [-0.15, -0.1) is 0 Å². The van der Waals surface area contributed by atoms with E-state index >= 15 is 0 Å². The summed E-state index contributed by atoms with van der Waals surface area (Å²) in [6, 6.07) is 2.34. The molecule has 1 unspecified atom stereocenters. The second-order valence-corrected chi connectivity index (χ2v) is 4.74. The average molecular weight is 234 g/mol. The summed E-state index contributed by atoms with van der Waals surface area (Å²) < 4.78 is 2.00. The van der Waals surface area contributed by atoms with Crippen LogP contribution in [0.5, 0.6) is 0 Å². The highest BCUT2D eigenvalue weighted by Gasteiger charge is 2.22. The van der Waals surface area contributed by atoms with E-state index in [9.17, 15) is 5.26 Å². The van der Waals surface area contributed by atoms with Crippen molar-refractivity contribution in [1.82, 2.24) is 15.1 Å². The molecule has 1 atom stereocenters. The van der Waals surface area contributed by atoms with E-state index in [0.717, 1.165) is 25.2 Å². The first-order valence-electron chi connectivity index (χ1n) is 6.10. The van der Waals surface area contributed by atoms with Gasteiger partial charge in [-0.05, 0) is 46.2 Å². The first-order valence-corrected chi connectivity index (χ1v) is 6.10. The van der Waals surface area contributed by atoms with Crippen LogP contribution in [-0.2, 0) is 6.54 Å². The van der Waals surface area contributed by atoms with Gasteiger partial charge in [-0.2, -0.15) is 10.4 Å². The smallest absolute Gasteiger partial charge is 0.105 e. The molecule has 0 spiro atoms. The fourth-order valence-corrected chi connectivity index (χ4v) is 1.91. The SMILES string of the molecule is CCNC(C)(C#N)CCn1nc(C)c(C)c1C. The van der Waals surface area contributed by atoms with Gasteiger partial charge in [-0.3, -0.25) is 10.00 Å². The average Bonchev–Trinajstić information content (AvgIpc) is 2.55. The lowest BCUT2D eigenvalue weighted by Crippen LogP contribution is -2.41. The predicted molar refractivity (Wildman–Crippen MR) is 68.7 cm³/mol. The van der Waals surface area contributed by atoms with Gasteiger partial charge in [0.15, 0.2) is 0 Å². The van der Waals surface area contributed by atoms with Gasteiger partial charge in [0.1, 0.15) is 5.54 Å². The van der Waals surface area contributed by atoms with Crippen LogP contribution in [0, 0.1) is 32.1 Å². The van der Waals surface area contributed by atoms with Crippen LogP contribution in [0.1, 0.15) is 37.2 Å². The van der Waals surface area contributed by atoms with Gasteiger partial charge in [-0.25, -0.2) is 0 Å². The summed E-state index contributed by atoms with van der Waals surface area (Å²) in [6.07, 6.45) is 0.763. The predicted octanol–water partition coefficient (Wildman–Crippen LogP) is 2.09. The van der Waals surface area contributed by atoms with Crippen LogP contribution in [0.3, 0.4) is 0 Å². The quantitative estimate of drug-likeness (QED) is 0.848. The minimum atomic E-state index is -0.463. The van der Waals surface area contributed by atoms with Crippen LogP contribution in [0.2, 0.25) is 0 Å². The Bertz CT molecular complexity index is 427. The van der Waals surface area contributed by atoms with E-state index in [4.69, 9.17) is 0 Å². The van der Waals surface area contributed by atoms with Crippen LogP contribution >= 0.6 is 0 Å². The molecule has 0 amide bonds. The summed E-state index contributed by atoms with van der Waals surface area (Å²) >= 11 is 0. The maximum Gasteiger partial charge on any atom is 0.105 e. The highest BCUT2D eigenvalue weighted by atomic mass is 15.3. The third-order valence-electron chi connectivity index (χ3n) is 3.38. The Morgan fingerprint density at radius 1 is 1.41 bits per heavy atom. The molecule has 1 aromatic rings. The molecular formula is C13H22N4. The summed E-state index contributed by atoms with van der Waals surface area (Å²) in [5.74, 6) is 0. The third-order valence-corrected chi connectivity index (χ3v) is 3.38. The molecule has 0 aliphatic heterocycles. The van der Waals surface area contributed by atoms with Crippen molar-refractivity contribution < 1.29 is 0 Å². The standard InChI is InChI=1S/C13H22N4/c1-6-15-13(5,9-14)7-8-17-12(4)10(2)11(3)16-17/h15H,6-8H2,1-5H3. The van der Waals surface area contributed by atoms with Crippen LogP contribution < -0.4 is 5.32 Å². The number of aryl methyl sites for hydroxylation is 2. The molecule has 0 aromatic carbocycles. The second kappa shape index (κ2) is 5.33. The van der Waals surface area contributed by atoms with E-state index < -0.39 is 5.54 Å². The molecule has 17 heavy (non-hydrogen) atoms. The van der Waals surface area contributed by atoms with E-state index in [1.165, 1.54) is 11.3 Å². The summed E-state index contributed by atoms with van der Waals surface area (Å²) in [4.78, 5) is 0. The molecule has 0 bridgehead atoms. The molecule has 1 heterocycles. The van der Waals surface area contributed by atoms with Crippen molar-refractivity contribution in [2.75, 3.05) is 6.54 Å². The van der Waals surface area contributed by atoms with Crippen molar-refractivity contribution in [3.63, 3.8) is 0 Å². The number of aromatic nitrogens is 2. The third kappa shape index (κ3) is 3.07. The van der Waals surface area contributed by atoms with Crippen LogP contribution in [-0.4, -0.2) is 21.9 Å². The van der Waals surface area contributed by atoms with Crippen LogP contribution in [0.4, 0.5) is 0 Å². The van der Waals surface area contributed by atoms with Gasteiger partial charge < -0.3 is 0 Å². The Balaban J connectivity index is 2.73. The zero-order valence-electron chi connectivity index (χ0n) is 11.5. The molecule has 4 heteroatoms. The van der Waals surface area contributed by atoms with Gasteiger partial charge in [0.2, 0.25) is 0 Å². The minimum absolute atomic E-state index is 0.463. The molecule has 0 aliphatic rings. The van der Waals surface area contributed by atoms with E-state index in [-0.39, 0.29) is 0 Å². The Morgan fingerprint density at radius 3 is 2.47 bits per heavy atom. The number of rotatable bonds is 5. The number of nitrogens with one attached hydrogen (secondary N) is 1. The molecule has 94 valence electrons. The Labute approximate surface area is 104 Å². The lowest BCUT2D eigenvalue weighted by Gasteiger charge is -2.22. The van der Waals surface area contributed by atoms with E-state index in [2.05, 4.69) is 30.3 Å². The number of hydrogen-bond acceptors (Lipinski definition) is 3. The highest BCUT2D eigenvalue weighted by Crippen LogP contribution is 2.14. The summed E-state index contributed by atoms with van der Waals surface area (Å²) in [6.45, 7) is 11.7. The van der Waals surface area contributed by atoms with Gasteiger partial charge >= 0.3 is 0 Å². The van der Waals surface area contributed by atoms with E-state index in [1.807, 2.05) is 25.5 Å². The first kappa shape index (κ1) is 13.7. The topological polar surface area (TPSA) is 53.6 Å². The Kier molecular flexibility index (Phi) is 4.30. The van der Waals surface area contributed by atoms with Crippen molar-refractivity contribution in [3.05, 3.63) is 17.0 Å². The molecular weight excluding hydrogens is 212 g/mol. The fraction of sp³-hybridized carbons (Fsp3) is 0.692. The highest BCUT2D eigenvalue weighted by molar-refractivity contribution is 5.22. The largest absolute Gasteiger partial charge is 0.300 e. The minimum Gasteiger partial charge on any atom is -0.300 e. The van der Waals surface area contributed by atoms with Crippen molar-refractivity contribution >= 4 is 0 Å². The van der Waals surface area contributed by atoms with Crippen molar-refractivity contribution in [2.24, 2.45) is 0 Å². The lowest BCUT2D eigenvalue weighted by atomic mass is 10.00. The fourth-order valence-electron chi connectivity index (χ4n) is 1.91. The molecule has 1 N–H and O–H groups in total. The van der Waals surface area contributed by atoms with Crippen molar-refractivity contribution in [3.8, 4) is 6.07 Å². The zero-order valence-corrected chi connectivity index (χ0v) is 11.5. The van der Waals surface area contributed by atoms with E-state index in [0.29, 0.717) is 0 Å². The number of nitrogens with zero attached hydrogens (tertiary/aromatic N) is 3. The molecule has 4 nitrogen and oxygen atoms in total. The molecule has 0 saturated heterocycles. The number of nitriles is 1. The molecule has 1 aromatic heterocycles. The van der Waals surface area contributed by atoms with Crippen LogP contribution in [0.15, 0.2) is 0 Å². The lowest BCUT2D eigenvalue weighted by molar-refractivity contribution is 0.387. The first-order chi connectivity index (χ1) is 7.93. The van der Waals surface area contributed by atoms with Gasteiger partial charge in [0, 0.05) is 12.2 Å². The van der Waals surface area contributed by atoms with Crippen molar-refractivity contribution in [2.45, 2.75) is 53.1 Å². The van der Waals surface area contributed by atoms with E-state index in [1.54, 1.807) is 0 Å². The zero-order chi connectivity index (χ0) is 13.1. The number of hydrogen-bond donors (Lipinski definition) is 1. The molecule has 1 rings (SSSR count).